The van der Waals surface area contributed by atoms with Crippen molar-refractivity contribution < 1.29 is 19.4 Å². The van der Waals surface area contributed by atoms with Gasteiger partial charge in [-0.1, -0.05) is 12.1 Å². The normalized spacial score (nSPS) is 11.8. The van der Waals surface area contributed by atoms with E-state index in [0.717, 1.165) is 0 Å². The van der Waals surface area contributed by atoms with E-state index in [1.54, 1.807) is 33.2 Å². The van der Waals surface area contributed by atoms with Gasteiger partial charge in [0.1, 0.15) is 11.3 Å². The lowest BCUT2D eigenvalue weighted by Gasteiger charge is -2.17. The zero-order chi connectivity index (χ0) is 13.9. The second kappa shape index (κ2) is 5.53. The summed E-state index contributed by atoms with van der Waals surface area (Å²) in [5.41, 5.74) is 0.643. The van der Waals surface area contributed by atoms with Gasteiger partial charge in [-0.2, -0.15) is 0 Å². The molecular weight excluding hydrogens is 234 g/mol. The number of nitrogens with zero attached hydrogens (tertiary/aromatic N) is 1. The van der Waals surface area contributed by atoms with Crippen molar-refractivity contribution in [3.8, 4) is 5.75 Å². The van der Waals surface area contributed by atoms with Crippen molar-refractivity contribution >= 4 is 11.9 Å². The topological polar surface area (TPSA) is 66.8 Å². The average molecular weight is 251 g/mol. The number of phenolic OH excluding ortho intramolecular Hbond substituents is 1. The van der Waals surface area contributed by atoms with E-state index >= 15 is 0 Å². The number of aromatic hydroxyl groups is 1. The van der Waals surface area contributed by atoms with E-state index in [1.165, 1.54) is 17.9 Å². The predicted octanol–water partition coefficient (Wildman–Crippen LogP) is 1.33. The van der Waals surface area contributed by atoms with Gasteiger partial charge < -0.3 is 14.7 Å². The summed E-state index contributed by atoms with van der Waals surface area (Å²) in [4.78, 5) is 24.7. The van der Waals surface area contributed by atoms with Gasteiger partial charge in [-0.15, -0.1) is 0 Å². The van der Waals surface area contributed by atoms with Crippen LogP contribution in [0.5, 0.6) is 5.75 Å². The third-order valence-corrected chi connectivity index (χ3v) is 2.53. The van der Waals surface area contributed by atoms with Gasteiger partial charge >= 0.3 is 5.97 Å². The summed E-state index contributed by atoms with van der Waals surface area (Å²) in [7, 11) is 3.16. The van der Waals surface area contributed by atoms with Crippen LogP contribution in [0.1, 0.15) is 22.8 Å². The van der Waals surface area contributed by atoms with E-state index in [4.69, 9.17) is 4.74 Å². The zero-order valence-electron chi connectivity index (χ0n) is 10.9. The zero-order valence-corrected chi connectivity index (χ0v) is 10.9. The number of hydrogen-bond acceptors (Lipinski definition) is 4. The highest BCUT2D eigenvalue weighted by atomic mass is 16.5. The molecule has 1 atom stereocenters. The molecule has 0 saturated carbocycles. The summed E-state index contributed by atoms with van der Waals surface area (Å²) in [5, 5.41) is 9.73. The second-order valence-electron chi connectivity index (χ2n) is 4.25. The maximum Gasteiger partial charge on any atom is 0.342 e. The molecule has 0 bridgehead atoms. The van der Waals surface area contributed by atoms with Crippen LogP contribution in [0.4, 0.5) is 0 Å². The second-order valence-corrected chi connectivity index (χ2v) is 4.25. The summed E-state index contributed by atoms with van der Waals surface area (Å²) in [6.07, 6.45) is -0.882. The van der Waals surface area contributed by atoms with Gasteiger partial charge in [0.05, 0.1) is 0 Å². The van der Waals surface area contributed by atoms with Gasteiger partial charge in [0, 0.05) is 14.1 Å². The number of benzene rings is 1. The van der Waals surface area contributed by atoms with Gasteiger partial charge in [0.25, 0.3) is 5.91 Å². The van der Waals surface area contributed by atoms with Crippen molar-refractivity contribution in [2.24, 2.45) is 0 Å². The Bertz CT molecular complexity index is 468. The Balaban J connectivity index is 2.83. The maximum atomic E-state index is 11.8. The molecule has 1 aromatic rings. The number of carbonyl (C=O) groups excluding carboxylic acids is 2. The van der Waals surface area contributed by atoms with Gasteiger partial charge in [0.15, 0.2) is 6.10 Å². The van der Waals surface area contributed by atoms with E-state index in [9.17, 15) is 14.7 Å². The number of rotatable bonds is 3. The molecule has 18 heavy (non-hydrogen) atoms. The molecule has 1 aromatic carbocycles. The fourth-order valence-electron chi connectivity index (χ4n) is 1.46. The number of phenols is 1. The van der Waals surface area contributed by atoms with Crippen LogP contribution in [0.25, 0.3) is 0 Å². The molecule has 5 nitrogen and oxygen atoms in total. The lowest BCUT2D eigenvalue weighted by atomic mass is 10.1. The first-order valence-corrected chi connectivity index (χ1v) is 5.55. The minimum Gasteiger partial charge on any atom is -0.507 e. The summed E-state index contributed by atoms with van der Waals surface area (Å²) < 4.78 is 5.01. The summed E-state index contributed by atoms with van der Waals surface area (Å²) in [6.45, 7) is 3.17. The van der Waals surface area contributed by atoms with Crippen LogP contribution in [0, 0.1) is 6.92 Å². The molecule has 5 heteroatoms. The molecule has 0 aliphatic carbocycles. The third-order valence-electron chi connectivity index (χ3n) is 2.53. The number of carbonyl (C=O) groups is 2. The Kier molecular flexibility index (Phi) is 4.31. The largest absolute Gasteiger partial charge is 0.507 e. The Morgan fingerprint density at radius 2 is 1.94 bits per heavy atom. The highest BCUT2D eigenvalue weighted by Crippen LogP contribution is 2.22. The summed E-state index contributed by atoms with van der Waals surface area (Å²) in [6, 6.07) is 4.78. The fraction of sp³-hybridized carbons (Fsp3) is 0.385. The molecule has 0 heterocycles. The molecule has 0 fully saturated rings. The molecule has 1 amide bonds. The summed E-state index contributed by atoms with van der Waals surface area (Å²) >= 11 is 0. The van der Waals surface area contributed by atoms with Gasteiger partial charge in [-0.3, -0.25) is 4.79 Å². The smallest absolute Gasteiger partial charge is 0.342 e. The van der Waals surface area contributed by atoms with Gasteiger partial charge in [0.2, 0.25) is 0 Å². The molecule has 0 unspecified atom stereocenters. The lowest BCUT2D eigenvalue weighted by molar-refractivity contribution is -0.137. The minimum atomic E-state index is -0.882. The maximum absolute atomic E-state index is 11.8. The Morgan fingerprint density at radius 3 is 2.50 bits per heavy atom. The quantitative estimate of drug-likeness (QED) is 0.823. The summed E-state index contributed by atoms with van der Waals surface area (Å²) in [5.74, 6) is -1.14. The lowest BCUT2D eigenvalue weighted by Crippen LogP contribution is -2.34. The van der Waals surface area contributed by atoms with Crippen LogP contribution in [0.2, 0.25) is 0 Å². The third kappa shape index (κ3) is 3.00. The Morgan fingerprint density at radius 1 is 1.33 bits per heavy atom. The number of ether oxygens (including phenoxy) is 1. The molecule has 0 saturated heterocycles. The monoisotopic (exact) mass is 251 g/mol. The molecule has 1 rings (SSSR count). The van der Waals surface area contributed by atoms with Crippen molar-refractivity contribution in [3.63, 3.8) is 0 Å². The number of likely N-dealkylation sites (N-methyl/N-ethyl adjacent to an activating group) is 1. The van der Waals surface area contributed by atoms with Crippen molar-refractivity contribution in [1.82, 2.24) is 4.90 Å². The van der Waals surface area contributed by atoms with Crippen molar-refractivity contribution in [2.75, 3.05) is 14.1 Å². The molecule has 1 N–H and O–H groups in total. The van der Waals surface area contributed by atoms with E-state index in [1.807, 2.05) is 0 Å². The van der Waals surface area contributed by atoms with Gasteiger partial charge in [-0.05, 0) is 25.5 Å². The first kappa shape index (κ1) is 14.0. The van der Waals surface area contributed by atoms with Crippen LogP contribution >= 0.6 is 0 Å². The van der Waals surface area contributed by atoms with Crippen LogP contribution in [0.3, 0.4) is 0 Å². The minimum absolute atomic E-state index is 0.0633. The van der Waals surface area contributed by atoms with Crippen LogP contribution in [-0.4, -0.2) is 42.1 Å². The number of hydrogen-bond donors (Lipinski definition) is 1. The predicted molar refractivity (Wildman–Crippen MR) is 66.4 cm³/mol. The van der Waals surface area contributed by atoms with Crippen LogP contribution in [0.15, 0.2) is 18.2 Å². The molecule has 0 aliphatic rings. The number of amides is 1. The SMILES string of the molecule is Cc1cccc(C(=O)O[C@@H](C)C(=O)N(C)C)c1O. The van der Waals surface area contributed by atoms with Crippen LogP contribution < -0.4 is 0 Å². The molecule has 0 spiro atoms. The van der Waals surface area contributed by atoms with E-state index in [-0.39, 0.29) is 17.2 Å². The standard InChI is InChI=1S/C13H17NO4/c1-8-6-5-7-10(11(8)15)13(17)18-9(2)12(16)14(3)4/h5-7,9,15H,1-4H3/t9-/m0/s1. The van der Waals surface area contributed by atoms with Crippen molar-refractivity contribution in [3.05, 3.63) is 29.3 Å². The van der Waals surface area contributed by atoms with E-state index in [2.05, 4.69) is 0 Å². The Labute approximate surface area is 106 Å². The Hall–Kier alpha value is -2.04. The molecule has 0 radical (unpaired) electrons. The highest BCUT2D eigenvalue weighted by molar-refractivity contribution is 5.94. The number of esters is 1. The molecular formula is C13H17NO4. The molecule has 0 aromatic heterocycles. The highest BCUT2D eigenvalue weighted by Gasteiger charge is 2.22. The number of para-hydroxylation sites is 1. The fourth-order valence-corrected chi connectivity index (χ4v) is 1.46. The average Bonchev–Trinajstić information content (AvgIpc) is 2.31. The van der Waals surface area contributed by atoms with Gasteiger partial charge in [-0.25, -0.2) is 4.79 Å². The first-order valence-electron chi connectivity index (χ1n) is 5.55. The van der Waals surface area contributed by atoms with E-state index < -0.39 is 12.1 Å². The van der Waals surface area contributed by atoms with Crippen molar-refractivity contribution in [2.45, 2.75) is 20.0 Å². The van der Waals surface area contributed by atoms with Crippen LogP contribution in [-0.2, 0) is 9.53 Å². The number of aryl methyl sites for hydroxylation is 1. The molecule has 98 valence electrons. The van der Waals surface area contributed by atoms with E-state index in [0.29, 0.717) is 5.56 Å². The van der Waals surface area contributed by atoms with Crippen molar-refractivity contribution in [1.29, 1.82) is 0 Å². The first-order chi connectivity index (χ1) is 8.34. The molecule has 0 aliphatic heterocycles.